The molecule has 1 atom stereocenters. The summed E-state index contributed by atoms with van der Waals surface area (Å²) in [5.41, 5.74) is 0. The number of carboxylic acid groups (broad SMARTS) is 1. The fourth-order valence-corrected chi connectivity index (χ4v) is 2.38. The lowest BCUT2D eigenvalue weighted by Crippen LogP contribution is -2.42. The minimum absolute atomic E-state index is 0.120. The van der Waals surface area contributed by atoms with Crippen molar-refractivity contribution in [2.24, 2.45) is 0 Å². The molecule has 0 aromatic rings. The highest BCUT2D eigenvalue weighted by molar-refractivity contribution is 7.89. The third kappa shape index (κ3) is 9.98. The number of hydrogen-bond acceptors (Lipinski definition) is 4. The van der Waals surface area contributed by atoms with Gasteiger partial charge in [0, 0.05) is 0 Å². The minimum atomic E-state index is -4.53. The monoisotopic (exact) mass is 321 g/mol. The van der Waals surface area contributed by atoms with Crippen molar-refractivity contribution in [2.75, 3.05) is 19.0 Å². The maximum Gasteiger partial charge on any atom is 0.411 e. The number of sulfonamides is 1. The highest BCUT2D eigenvalue weighted by Crippen LogP contribution is 2.14. The van der Waals surface area contributed by atoms with Crippen molar-refractivity contribution in [3.8, 4) is 0 Å². The summed E-state index contributed by atoms with van der Waals surface area (Å²) >= 11 is 0. The van der Waals surface area contributed by atoms with Crippen LogP contribution in [0.4, 0.5) is 13.2 Å². The standard InChI is InChI=1S/C10H18F3NO5S/c1-2-3-4-8(9(15)16)14-20(17,18)6-5-19-7-10(11,12)13/h8,14H,2-7H2,1H3,(H,15,16)/t8-/m0/s1. The van der Waals surface area contributed by atoms with Crippen LogP contribution >= 0.6 is 0 Å². The lowest BCUT2D eigenvalue weighted by atomic mass is 10.1. The molecule has 0 heterocycles. The van der Waals surface area contributed by atoms with Crippen molar-refractivity contribution in [1.82, 2.24) is 4.72 Å². The summed E-state index contributed by atoms with van der Waals surface area (Å²) in [4.78, 5) is 10.8. The summed E-state index contributed by atoms with van der Waals surface area (Å²) in [5.74, 6) is -2.04. The molecule has 2 N–H and O–H groups in total. The van der Waals surface area contributed by atoms with Gasteiger partial charge < -0.3 is 9.84 Å². The number of carbonyl (C=O) groups is 1. The number of ether oxygens (including phenoxy) is 1. The topological polar surface area (TPSA) is 92.7 Å². The highest BCUT2D eigenvalue weighted by atomic mass is 32.2. The van der Waals surface area contributed by atoms with E-state index in [1.165, 1.54) is 0 Å². The summed E-state index contributed by atoms with van der Waals surface area (Å²) in [5, 5.41) is 8.83. The molecule has 0 aliphatic carbocycles. The van der Waals surface area contributed by atoms with E-state index in [2.05, 4.69) is 4.74 Å². The second kappa shape index (κ2) is 8.42. The van der Waals surface area contributed by atoms with Gasteiger partial charge in [0.05, 0.1) is 12.4 Å². The second-order valence-electron chi connectivity index (χ2n) is 4.14. The maximum absolute atomic E-state index is 11.8. The van der Waals surface area contributed by atoms with E-state index in [-0.39, 0.29) is 6.42 Å². The Bertz CT molecular complexity index is 396. The molecule has 20 heavy (non-hydrogen) atoms. The molecule has 0 aliphatic rings. The van der Waals surface area contributed by atoms with Gasteiger partial charge in [0.1, 0.15) is 12.6 Å². The van der Waals surface area contributed by atoms with Gasteiger partial charge in [-0.05, 0) is 6.42 Å². The molecule has 6 nitrogen and oxygen atoms in total. The van der Waals surface area contributed by atoms with E-state index >= 15 is 0 Å². The lowest BCUT2D eigenvalue weighted by molar-refractivity contribution is -0.172. The van der Waals surface area contributed by atoms with E-state index in [1.807, 2.05) is 11.6 Å². The molecule has 0 radical (unpaired) electrons. The molecule has 0 aromatic heterocycles. The van der Waals surface area contributed by atoms with Crippen molar-refractivity contribution in [2.45, 2.75) is 38.4 Å². The highest BCUT2D eigenvalue weighted by Gasteiger charge is 2.28. The molecule has 0 fully saturated rings. The molecule has 0 rings (SSSR count). The second-order valence-corrected chi connectivity index (χ2v) is 6.01. The Morgan fingerprint density at radius 2 is 2.00 bits per heavy atom. The van der Waals surface area contributed by atoms with Crippen LogP contribution in [0.5, 0.6) is 0 Å². The number of rotatable bonds is 10. The van der Waals surface area contributed by atoms with Gasteiger partial charge in [-0.15, -0.1) is 0 Å². The summed E-state index contributed by atoms with van der Waals surface area (Å²) in [7, 11) is -4.00. The van der Waals surface area contributed by atoms with Crippen LogP contribution in [-0.2, 0) is 19.6 Å². The van der Waals surface area contributed by atoms with Crippen molar-refractivity contribution >= 4 is 16.0 Å². The van der Waals surface area contributed by atoms with Crippen molar-refractivity contribution in [3.05, 3.63) is 0 Å². The number of carboxylic acids is 1. The first-order valence-electron chi connectivity index (χ1n) is 5.94. The quantitative estimate of drug-likeness (QED) is 0.588. The number of aliphatic carboxylic acids is 1. The van der Waals surface area contributed by atoms with Gasteiger partial charge in [0.25, 0.3) is 0 Å². The third-order valence-corrected chi connectivity index (χ3v) is 3.58. The number of unbranched alkanes of at least 4 members (excludes halogenated alkanes) is 1. The van der Waals surface area contributed by atoms with Crippen molar-refractivity contribution in [3.63, 3.8) is 0 Å². The Morgan fingerprint density at radius 1 is 1.40 bits per heavy atom. The number of halogens is 3. The normalized spacial score (nSPS) is 14.2. The Kier molecular flexibility index (Phi) is 8.06. The molecule has 0 unspecified atom stereocenters. The van der Waals surface area contributed by atoms with Gasteiger partial charge in [-0.3, -0.25) is 4.79 Å². The van der Waals surface area contributed by atoms with Crippen LogP contribution < -0.4 is 4.72 Å². The third-order valence-electron chi connectivity index (χ3n) is 2.23. The average molecular weight is 321 g/mol. The largest absolute Gasteiger partial charge is 0.480 e. The molecule has 0 aromatic carbocycles. The van der Waals surface area contributed by atoms with Gasteiger partial charge in [-0.1, -0.05) is 19.8 Å². The zero-order valence-electron chi connectivity index (χ0n) is 10.9. The Balaban J connectivity index is 4.24. The average Bonchev–Trinajstić information content (AvgIpc) is 2.28. The van der Waals surface area contributed by atoms with Gasteiger partial charge in [0.2, 0.25) is 10.0 Å². The number of nitrogens with one attached hydrogen (secondary N) is 1. The van der Waals surface area contributed by atoms with E-state index in [4.69, 9.17) is 5.11 Å². The van der Waals surface area contributed by atoms with Crippen LogP contribution in [0, 0.1) is 0 Å². The molecule has 0 aliphatic heterocycles. The molecule has 0 spiro atoms. The molecule has 10 heteroatoms. The maximum atomic E-state index is 11.8. The zero-order valence-corrected chi connectivity index (χ0v) is 11.8. The fourth-order valence-electron chi connectivity index (χ4n) is 1.27. The van der Waals surface area contributed by atoms with Crippen LogP contribution in [0.1, 0.15) is 26.2 Å². The fraction of sp³-hybridized carbons (Fsp3) is 0.900. The lowest BCUT2D eigenvalue weighted by Gasteiger charge is -2.14. The molecule has 0 amide bonds. The van der Waals surface area contributed by atoms with E-state index in [1.54, 1.807) is 0 Å². The van der Waals surface area contributed by atoms with E-state index in [0.29, 0.717) is 12.8 Å². The van der Waals surface area contributed by atoms with E-state index in [0.717, 1.165) is 0 Å². The SMILES string of the molecule is CCCC[C@H](NS(=O)(=O)CCOCC(F)(F)F)C(=O)O. The first-order valence-corrected chi connectivity index (χ1v) is 7.60. The van der Waals surface area contributed by atoms with Gasteiger partial charge >= 0.3 is 12.1 Å². The Morgan fingerprint density at radius 3 is 2.45 bits per heavy atom. The predicted octanol–water partition coefficient (Wildman–Crippen LogP) is 1.13. The molecule has 120 valence electrons. The van der Waals surface area contributed by atoms with Crippen LogP contribution in [-0.4, -0.2) is 50.7 Å². The first kappa shape index (κ1) is 19.1. The molecular formula is C10H18F3NO5S. The zero-order chi connectivity index (χ0) is 15.8. The smallest absolute Gasteiger partial charge is 0.411 e. The minimum Gasteiger partial charge on any atom is -0.480 e. The van der Waals surface area contributed by atoms with Crippen molar-refractivity contribution in [1.29, 1.82) is 0 Å². The predicted molar refractivity (Wildman–Crippen MR) is 64.7 cm³/mol. The van der Waals surface area contributed by atoms with Gasteiger partial charge in [-0.2, -0.15) is 13.2 Å². The van der Waals surface area contributed by atoms with Crippen molar-refractivity contribution < 1.29 is 36.2 Å². The Hall–Kier alpha value is -0.870. The Labute approximate surface area is 115 Å². The van der Waals surface area contributed by atoms with Gasteiger partial charge in [0.15, 0.2) is 0 Å². The molecule has 0 saturated carbocycles. The number of hydrogen-bond donors (Lipinski definition) is 2. The van der Waals surface area contributed by atoms with Gasteiger partial charge in [-0.25, -0.2) is 13.1 Å². The molecule has 0 bridgehead atoms. The van der Waals surface area contributed by atoms with Crippen LogP contribution in [0.2, 0.25) is 0 Å². The first-order chi connectivity index (χ1) is 9.07. The van der Waals surface area contributed by atoms with Crippen LogP contribution in [0.25, 0.3) is 0 Å². The van der Waals surface area contributed by atoms with E-state index in [9.17, 15) is 26.4 Å². The summed E-state index contributed by atoms with van der Waals surface area (Å²) < 4.78 is 64.4. The molecule has 0 saturated heterocycles. The summed E-state index contributed by atoms with van der Waals surface area (Å²) in [6, 6.07) is -1.28. The molecular weight excluding hydrogens is 303 g/mol. The number of alkyl halides is 3. The summed E-state index contributed by atoms with van der Waals surface area (Å²) in [6.45, 7) is -0.381. The van der Waals surface area contributed by atoms with Crippen LogP contribution in [0.3, 0.4) is 0 Å². The van der Waals surface area contributed by atoms with Crippen LogP contribution in [0.15, 0.2) is 0 Å². The summed E-state index contributed by atoms with van der Waals surface area (Å²) in [6.07, 6.45) is -3.19. The van der Waals surface area contributed by atoms with E-state index < -0.39 is 47.2 Å².